The molecule has 0 spiro atoms. The van der Waals surface area contributed by atoms with Crippen LogP contribution in [-0.2, 0) is 14.3 Å². The van der Waals surface area contributed by atoms with Gasteiger partial charge in [0.1, 0.15) is 6.10 Å². The number of carboxylic acids is 1. The predicted molar refractivity (Wildman–Crippen MR) is 125 cm³/mol. The summed E-state index contributed by atoms with van der Waals surface area (Å²) in [6.45, 7) is 3.61. The summed E-state index contributed by atoms with van der Waals surface area (Å²) >= 11 is 0. The first-order valence-corrected chi connectivity index (χ1v) is 12.0. The zero-order valence-electron chi connectivity index (χ0n) is 19.4. The van der Waals surface area contributed by atoms with Gasteiger partial charge in [-0.2, -0.15) is 0 Å². The van der Waals surface area contributed by atoms with Crippen molar-refractivity contribution in [1.29, 1.82) is 0 Å². The monoisotopic (exact) mass is 434 g/mol. The van der Waals surface area contributed by atoms with E-state index in [1.807, 2.05) is 18.2 Å². The maximum atomic E-state index is 11.6. The van der Waals surface area contributed by atoms with Crippen LogP contribution in [0, 0.1) is 11.8 Å². The Labute approximate surface area is 188 Å². The standard InChI is InChI=1S/C26H42O5/c1-3-4-5-6-7-8-16-23(28)17-11-9-14-22-15-10-12-18-24(22)25(31-21(2)27)19-13-20-26(29)30/h7-9,11,14,17,22-25,28H,3-6,10,12-13,15-16,18-20H2,1-2H3,(H,29,30)/b8-7-,14-9+,17-11+. The molecule has 5 nitrogen and oxygen atoms in total. The van der Waals surface area contributed by atoms with Gasteiger partial charge >= 0.3 is 11.9 Å². The number of carbonyl (C=O) groups excluding carboxylic acids is 1. The van der Waals surface area contributed by atoms with Gasteiger partial charge in [-0.25, -0.2) is 0 Å². The van der Waals surface area contributed by atoms with Gasteiger partial charge in [0.05, 0.1) is 6.10 Å². The third-order valence-electron chi connectivity index (χ3n) is 5.87. The molecule has 0 aromatic carbocycles. The number of carboxylic acid groups (broad SMARTS) is 1. The lowest BCUT2D eigenvalue weighted by molar-refractivity contribution is -0.151. The highest BCUT2D eigenvalue weighted by Crippen LogP contribution is 2.36. The van der Waals surface area contributed by atoms with E-state index in [1.54, 1.807) is 6.08 Å². The Kier molecular flexibility index (Phi) is 14.7. The molecule has 0 bridgehead atoms. The number of hydrogen-bond donors (Lipinski definition) is 2. The van der Waals surface area contributed by atoms with Crippen molar-refractivity contribution in [3.05, 3.63) is 36.5 Å². The van der Waals surface area contributed by atoms with Crippen LogP contribution < -0.4 is 0 Å². The quantitative estimate of drug-likeness (QED) is 0.143. The Morgan fingerprint density at radius 2 is 1.87 bits per heavy atom. The van der Waals surface area contributed by atoms with Crippen molar-refractivity contribution in [2.24, 2.45) is 11.8 Å². The normalized spacial score (nSPS) is 21.6. The van der Waals surface area contributed by atoms with E-state index in [4.69, 9.17) is 9.84 Å². The third kappa shape index (κ3) is 13.2. The number of aliphatic hydroxyl groups is 1. The van der Waals surface area contributed by atoms with E-state index < -0.39 is 12.1 Å². The average Bonchev–Trinajstić information content (AvgIpc) is 2.73. The number of allylic oxidation sites excluding steroid dienone is 4. The maximum Gasteiger partial charge on any atom is 0.303 e. The van der Waals surface area contributed by atoms with Gasteiger partial charge < -0.3 is 14.9 Å². The number of aliphatic hydroxyl groups excluding tert-OH is 1. The van der Waals surface area contributed by atoms with Crippen LogP contribution in [0.25, 0.3) is 0 Å². The first kappa shape index (κ1) is 27.2. The maximum absolute atomic E-state index is 11.6. The zero-order valence-corrected chi connectivity index (χ0v) is 19.4. The molecule has 2 N–H and O–H groups in total. The Morgan fingerprint density at radius 3 is 2.58 bits per heavy atom. The van der Waals surface area contributed by atoms with E-state index >= 15 is 0 Å². The molecule has 0 aromatic rings. The fraction of sp³-hybridized carbons (Fsp3) is 0.692. The van der Waals surface area contributed by atoms with E-state index in [0.717, 1.165) is 32.1 Å². The van der Waals surface area contributed by atoms with Gasteiger partial charge in [0.25, 0.3) is 0 Å². The fourth-order valence-electron chi connectivity index (χ4n) is 4.26. The highest BCUT2D eigenvalue weighted by Gasteiger charge is 2.32. The van der Waals surface area contributed by atoms with Gasteiger partial charge in [-0.15, -0.1) is 0 Å². The van der Waals surface area contributed by atoms with E-state index in [-0.39, 0.29) is 24.4 Å². The van der Waals surface area contributed by atoms with E-state index in [0.29, 0.717) is 25.2 Å². The molecule has 1 aliphatic carbocycles. The molecule has 0 heterocycles. The number of ether oxygens (including phenoxy) is 1. The largest absolute Gasteiger partial charge is 0.481 e. The van der Waals surface area contributed by atoms with Crippen molar-refractivity contribution in [3.8, 4) is 0 Å². The summed E-state index contributed by atoms with van der Waals surface area (Å²) in [5.74, 6) is -0.615. The van der Waals surface area contributed by atoms with Crippen LogP contribution in [-0.4, -0.2) is 34.4 Å². The second kappa shape index (κ2) is 16.8. The summed E-state index contributed by atoms with van der Waals surface area (Å²) in [7, 11) is 0. The second-order valence-electron chi connectivity index (χ2n) is 8.59. The first-order chi connectivity index (χ1) is 14.9. The Morgan fingerprint density at radius 1 is 1.10 bits per heavy atom. The lowest BCUT2D eigenvalue weighted by Crippen LogP contribution is -2.33. The minimum atomic E-state index is -0.818. The average molecular weight is 435 g/mol. The molecule has 0 aromatic heterocycles. The van der Waals surface area contributed by atoms with Crippen molar-refractivity contribution < 1.29 is 24.5 Å². The molecule has 1 aliphatic rings. The summed E-state index contributed by atoms with van der Waals surface area (Å²) in [6.07, 6.45) is 22.1. The lowest BCUT2D eigenvalue weighted by Gasteiger charge is -2.35. The smallest absolute Gasteiger partial charge is 0.303 e. The van der Waals surface area contributed by atoms with Gasteiger partial charge in [0.2, 0.25) is 0 Å². The van der Waals surface area contributed by atoms with Gasteiger partial charge in [0, 0.05) is 19.3 Å². The second-order valence-corrected chi connectivity index (χ2v) is 8.59. The molecule has 4 atom stereocenters. The Hall–Kier alpha value is -1.88. The molecule has 1 rings (SSSR count). The number of hydrogen-bond acceptors (Lipinski definition) is 4. The third-order valence-corrected chi connectivity index (χ3v) is 5.87. The first-order valence-electron chi connectivity index (χ1n) is 12.0. The molecule has 0 aliphatic heterocycles. The molecular formula is C26H42O5. The van der Waals surface area contributed by atoms with Gasteiger partial charge in [-0.1, -0.05) is 69.1 Å². The van der Waals surface area contributed by atoms with Crippen LogP contribution in [0.1, 0.15) is 90.9 Å². The summed E-state index contributed by atoms with van der Waals surface area (Å²) in [5.41, 5.74) is 0. The number of rotatable bonds is 15. The number of carbonyl (C=O) groups is 2. The van der Waals surface area contributed by atoms with Crippen LogP contribution in [0.5, 0.6) is 0 Å². The topological polar surface area (TPSA) is 83.8 Å². The van der Waals surface area contributed by atoms with E-state index in [9.17, 15) is 14.7 Å². The molecule has 4 unspecified atom stereocenters. The minimum Gasteiger partial charge on any atom is -0.481 e. The number of unbranched alkanes of at least 4 members (excludes halogenated alkanes) is 3. The summed E-state index contributed by atoms with van der Waals surface area (Å²) < 4.78 is 5.59. The predicted octanol–water partition coefficient (Wildman–Crippen LogP) is 5.98. The molecule has 0 amide bonds. The Bertz CT molecular complexity index is 593. The molecule has 5 heteroatoms. The van der Waals surface area contributed by atoms with E-state index in [2.05, 4.69) is 19.1 Å². The number of aliphatic carboxylic acids is 1. The summed E-state index contributed by atoms with van der Waals surface area (Å²) in [4.78, 5) is 22.4. The molecular weight excluding hydrogens is 392 g/mol. The van der Waals surface area contributed by atoms with Crippen LogP contribution in [0.2, 0.25) is 0 Å². The molecule has 176 valence electrons. The molecule has 1 fully saturated rings. The van der Waals surface area contributed by atoms with Crippen molar-refractivity contribution >= 4 is 11.9 Å². The van der Waals surface area contributed by atoms with Crippen molar-refractivity contribution in [2.75, 3.05) is 0 Å². The van der Waals surface area contributed by atoms with E-state index in [1.165, 1.54) is 26.2 Å². The molecule has 1 saturated carbocycles. The SMILES string of the molecule is CCCCC/C=C\CC(O)/C=C/C=C/C1CCCCC1C(CCCC(=O)O)OC(C)=O. The summed E-state index contributed by atoms with van der Waals surface area (Å²) in [5, 5.41) is 19.0. The highest BCUT2D eigenvalue weighted by atomic mass is 16.5. The van der Waals surface area contributed by atoms with Crippen molar-refractivity contribution in [2.45, 2.75) is 103 Å². The fourth-order valence-corrected chi connectivity index (χ4v) is 4.26. The van der Waals surface area contributed by atoms with Gasteiger partial charge in [-0.3, -0.25) is 9.59 Å². The summed E-state index contributed by atoms with van der Waals surface area (Å²) in [6, 6.07) is 0. The van der Waals surface area contributed by atoms with Gasteiger partial charge in [0.15, 0.2) is 0 Å². The van der Waals surface area contributed by atoms with Crippen LogP contribution >= 0.6 is 0 Å². The van der Waals surface area contributed by atoms with Crippen molar-refractivity contribution in [1.82, 2.24) is 0 Å². The van der Waals surface area contributed by atoms with Crippen LogP contribution in [0.3, 0.4) is 0 Å². The highest BCUT2D eigenvalue weighted by molar-refractivity contribution is 5.67. The zero-order chi connectivity index (χ0) is 22.9. The van der Waals surface area contributed by atoms with Gasteiger partial charge in [-0.05, 0) is 50.9 Å². The molecule has 0 radical (unpaired) electrons. The van der Waals surface area contributed by atoms with Crippen LogP contribution in [0.4, 0.5) is 0 Å². The number of esters is 1. The molecule has 0 saturated heterocycles. The molecule has 31 heavy (non-hydrogen) atoms. The van der Waals surface area contributed by atoms with Crippen LogP contribution in [0.15, 0.2) is 36.5 Å². The minimum absolute atomic E-state index is 0.0959. The van der Waals surface area contributed by atoms with Crippen molar-refractivity contribution in [3.63, 3.8) is 0 Å². The Balaban J connectivity index is 2.57. The lowest BCUT2D eigenvalue weighted by atomic mass is 9.75.